The third-order valence-electron chi connectivity index (χ3n) is 18.8. The van der Waals surface area contributed by atoms with E-state index in [9.17, 15) is 0 Å². The maximum absolute atomic E-state index is 6.30. The van der Waals surface area contributed by atoms with Gasteiger partial charge in [0.05, 0.1) is 44.9 Å². The van der Waals surface area contributed by atoms with Crippen LogP contribution in [-0.2, 0) is 0 Å². The van der Waals surface area contributed by atoms with Crippen LogP contribution in [0.3, 0.4) is 0 Å². The molecule has 4 nitrogen and oxygen atoms in total. The van der Waals surface area contributed by atoms with Gasteiger partial charge in [-0.15, -0.1) is 0 Å². The predicted molar refractivity (Wildman–Crippen MR) is 291 cm³/mol. The zero-order chi connectivity index (χ0) is 46.8. The third kappa shape index (κ3) is 5.43. The molecule has 0 saturated carbocycles. The average Bonchev–Trinajstić information content (AvgIpc) is 4.27. The molecule has 6 aromatic rings. The van der Waals surface area contributed by atoms with Crippen molar-refractivity contribution < 1.29 is 0 Å². The third-order valence-corrected chi connectivity index (χ3v) is 18.8. The van der Waals surface area contributed by atoms with Gasteiger partial charge in [0.1, 0.15) is 0 Å². The van der Waals surface area contributed by atoms with Gasteiger partial charge >= 0.3 is 0 Å². The van der Waals surface area contributed by atoms with Crippen LogP contribution >= 0.6 is 0 Å². The number of fused-ring (bicyclic) bond motifs is 4. The van der Waals surface area contributed by atoms with Gasteiger partial charge in [0, 0.05) is 69.6 Å². The van der Waals surface area contributed by atoms with Crippen LogP contribution in [0.15, 0.2) is 214 Å². The molecular weight excluding hydrogens is 873 g/mol. The highest BCUT2D eigenvalue weighted by molar-refractivity contribution is 6.35. The summed E-state index contributed by atoms with van der Waals surface area (Å²) in [6.07, 6.45) is 29.4. The molecule has 15 aliphatic rings. The topological polar surface area (TPSA) is 56.3 Å². The second-order valence-electron chi connectivity index (χ2n) is 22.3. The summed E-state index contributed by atoms with van der Waals surface area (Å²) < 4.78 is 0. The second-order valence-corrected chi connectivity index (χ2v) is 22.3. The Balaban J connectivity index is 1.14. The first-order valence-electron chi connectivity index (χ1n) is 27.1. The average molecular weight is 927 g/mol. The summed E-state index contributed by atoms with van der Waals surface area (Å²) in [5.41, 5.74) is 28.5. The molecule has 0 saturated heterocycles. The summed E-state index contributed by atoms with van der Waals surface area (Å²) in [4.78, 5) is 21.5. The van der Waals surface area contributed by atoms with Gasteiger partial charge in [0.15, 0.2) is 0 Å². The van der Waals surface area contributed by atoms with Crippen LogP contribution in [0.25, 0.3) is 22.3 Å². The van der Waals surface area contributed by atoms with Crippen molar-refractivity contribution in [3.8, 4) is 0 Å². The molecule has 4 heterocycles. The number of nitrogens with zero attached hydrogens (tertiary/aromatic N) is 2. The fourth-order valence-corrected chi connectivity index (χ4v) is 15.8. The summed E-state index contributed by atoms with van der Waals surface area (Å²) >= 11 is 0. The molecule has 2 aliphatic heterocycles. The van der Waals surface area contributed by atoms with Crippen molar-refractivity contribution in [1.82, 2.24) is 9.97 Å². The van der Waals surface area contributed by atoms with Crippen LogP contribution < -0.4 is 10.7 Å². The van der Waals surface area contributed by atoms with Gasteiger partial charge in [-0.2, -0.15) is 0 Å². The number of hydrogen-bond acceptors (Lipinski definition) is 2. The summed E-state index contributed by atoms with van der Waals surface area (Å²) in [7, 11) is 0. The number of hydrogen-bond donors (Lipinski definition) is 2. The molecule has 8 atom stereocenters. The summed E-state index contributed by atoms with van der Waals surface area (Å²) in [5, 5.41) is 2.48. The first-order chi connectivity index (χ1) is 35.7. The van der Waals surface area contributed by atoms with Crippen LogP contribution in [0, 0.1) is 23.7 Å². The minimum atomic E-state index is 0.291. The van der Waals surface area contributed by atoms with E-state index in [0.29, 0.717) is 47.3 Å². The molecule has 0 fully saturated rings. The Kier molecular flexibility index (Phi) is 8.35. The van der Waals surface area contributed by atoms with E-state index in [2.05, 4.69) is 180 Å². The largest absolute Gasteiger partial charge is 0.354 e. The zero-order valence-corrected chi connectivity index (χ0v) is 40.3. The van der Waals surface area contributed by atoms with Crippen molar-refractivity contribution >= 4 is 33.7 Å². The number of rotatable bonds is 4. The highest BCUT2D eigenvalue weighted by atomic mass is 14.9. The Hall–Kier alpha value is -7.56. The maximum Gasteiger partial charge on any atom is 0.0778 e. The Morgan fingerprint density at radius 3 is 0.917 bits per heavy atom. The molecule has 0 radical (unpaired) electrons. The first-order valence-corrected chi connectivity index (χ1v) is 27.1. The minimum Gasteiger partial charge on any atom is -0.354 e. The molecule has 2 aromatic heterocycles. The van der Waals surface area contributed by atoms with Crippen molar-refractivity contribution in [2.45, 2.75) is 75.0 Å². The van der Waals surface area contributed by atoms with Crippen molar-refractivity contribution in [3.63, 3.8) is 0 Å². The molecule has 16 bridgehead atoms. The van der Waals surface area contributed by atoms with Crippen molar-refractivity contribution in [3.05, 3.63) is 270 Å². The number of allylic oxidation sites excluding steroid dienone is 12. The van der Waals surface area contributed by atoms with E-state index in [1.807, 2.05) is 0 Å². The van der Waals surface area contributed by atoms with E-state index >= 15 is 0 Å². The first kappa shape index (κ1) is 40.1. The van der Waals surface area contributed by atoms with E-state index in [-0.39, 0.29) is 0 Å². The molecule has 2 N–H and O–H groups in total. The highest BCUT2D eigenvalue weighted by Crippen LogP contribution is 2.58. The summed E-state index contributed by atoms with van der Waals surface area (Å²) in [6.45, 7) is 0. The molecule has 346 valence electrons. The Bertz CT molecular complexity index is 3620. The van der Waals surface area contributed by atoms with Gasteiger partial charge in [-0.3, -0.25) is 0 Å². The van der Waals surface area contributed by atoms with Crippen LogP contribution in [-0.4, -0.2) is 21.4 Å². The lowest BCUT2D eigenvalue weighted by molar-refractivity contribution is 0.502. The van der Waals surface area contributed by atoms with E-state index in [1.54, 1.807) is 0 Å². The van der Waals surface area contributed by atoms with E-state index in [1.165, 1.54) is 111 Å². The van der Waals surface area contributed by atoms with Gasteiger partial charge in [0.25, 0.3) is 0 Å². The molecule has 4 aromatic carbocycles. The number of H-pyrrole nitrogens is 2. The number of aliphatic imine (C=N–C) groups is 2. The normalized spacial score (nSPS) is 31.8. The zero-order valence-electron chi connectivity index (χ0n) is 40.3. The monoisotopic (exact) mass is 926 g/mol. The number of aromatic nitrogens is 2. The maximum atomic E-state index is 6.30. The van der Waals surface area contributed by atoms with Crippen molar-refractivity contribution in [2.75, 3.05) is 0 Å². The SMILES string of the molecule is C1=CC2CCC1C1=C2/C2=C(\c3ccccc3)c3[nH]c(c4c3C3C=CC4CC3)/C(c3ccccc3)=C3N=C(C4=C\3C3C=CC4CC3)/C(c3ccccc3)=c3\[nH]/c(c4c3C3C=CC4CC3)=C(/c3ccccc3)C1=N2. The molecular formula is C68H54N4. The minimum absolute atomic E-state index is 0.291. The number of aromatic amines is 2. The van der Waals surface area contributed by atoms with Gasteiger partial charge < -0.3 is 9.97 Å². The van der Waals surface area contributed by atoms with E-state index in [4.69, 9.17) is 9.98 Å². The fraction of sp³-hybridized carbons (Fsp3) is 0.235. The van der Waals surface area contributed by atoms with E-state index < -0.39 is 0 Å². The molecule has 8 unspecified atom stereocenters. The smallest absolute Gasteiger partial charge is 0.0778 e. The van der Waals surface area contributed by atoms with Crippen LogP contribution in [0.1, 0.15) is 131 Å². The lowest BCUT2D eigenvalue weighted by Gasteiger charge is -2.35. The standard InChI is InChI=1S/C68H54N4/c1-5-13-37(14-6-1)57-61-49-41-21-25-43(26-22-41)51(49)63(69-61)58(38-15-7-2-8-16-38)65-53-45-29-33-47(34-30-45)55(53)67(71-65)60(40-19-11-4-12-20-40)68-56-48-35-31-46(32-36-48)54(56)66(72-68)59(39-17-9-3-10-18-39)64-52-44-27-23-42(24-28-44)50(52)62(57)70-64/h1-21,23,25,27,29,31,33,35,41-48,69,72H,22,24,26,28,30,32,34,36H2/b61-57-,62-57?,63-58-,64-59-,65-58?,66-59?,67-60-,68-60?. The molecule has 72 heavy (non-hydrogen) atoms. The Labute approximate surface area is 420 Å². The molecule has 0 amide bonds. The lowest BCUT2D eigenvalue weighted by Crippen LogP contribution is -2.29. The van der Waals surface area contributed by atoms with Gasteiger partial charge in [-0.25, -0.2) is 9.98 Å². The number of nitrogens with one attached hydrogen (secondary N) is 2. The molecule has 21 rings (SSSR count). The van der Waals surface area contributed by atoms with Gasteiger partial charge in [-0.1, -0.05) is 170 Å². The highest BCUT2D eigenvalue weighted by Gasteiger charge is 2.47. The second kappa shape index (κ2) is 15.0. The summed E-state index contributed by atoms with van der Waals surface area (Å²) in [5.74, 6) is 2.37. The Morgan fingerprint density at radius 1 is 0.292 bits per heavy atom. The van der Waals surface area contributed by atoms with E-state index in [0.717, 1.165) is 74.2 Å². The molecule has 4 heteroatoms. The van der Waals surface area contributed by atoms with Crippen LogP contribution in [0.5, 0.6) is 0 Å². The molecule has 13 aliphatic carbocycles. The lowest BCUT2D eigenvalue weighted by atomic mass is 9.67. The van der Waals surface area contributed by atoms with Crippen molar-refractivity contribution in [1.29, 1.82) is 0 Å². The predicted octanol–water partition coefficient (Wildman–Crippen LogP) is 13.7. The quantitative estimate of drug-likeness (QED) is 0.166. The summed E-state index contributed by atoms with van der Waals surface area (Å²) in [6, 6.07) is 45.3. The Morgan fingerprint density at radius 2 is 0.583 bits per heavy atom. The molecule has 0 spiro atoms. The van der Waals surface area contributed by atoms with Gasteiger partial charge in [-0.05, 0) is 118 Å². The fourth-order valence-electron chi connectivity index (χ4n) is 15.8. The van der Waals surface area contributed by atoms with Gasteiger partial charge in [0.2, 0.25) is 0 Å². The van der Waals surface area contributed by atoms with Crippen LogP contribution in [0.2, 0.25) is 0 Å². The van der Waals surface area contributed by atoms with Crippen LogP contribution in [0.4, 0.5) is 0 Å². The number of benzene rings is 4. The van der Waals surface area contributed by atoms with Crippen molar-refractivity contribution in [2.24, 2.45) is 33.7 Å².